The van der Waals surface area contributed by atoms with Gasteiger partial charge in [-0.2, -0.15) is 8.42 Å². The fourth-order valence-corrected chi connectivity index (χ4v) is 3.53. The van der Waals surface area contributed by atoms with Crippen LogP contribution in [0.25, 0.3) is 0 Å². The van der Waals surface area contributed by atoms with Crippen LogP contribution in [0.15, 0.2) is 0 Å². The third-order valence-corrected chi connectivity index (χ3v) is 5.21. The molecule has 0 aromatic heterocycles. The van der Waals surface area contributed by atoms with Gasteiger partial charge in [0.1, 0.15) is 0 Å². The molecule has 1 atom stereocenters. The molecule has 0 aliphatic carbocycles. The van der Waals surface area contributed by atoms with Gasteiger partial charge >= 0.3 is 0 Å². The number of rotatable bonds is 3. The van der Waals surface area contributed by atoms with Crippen LogP contribution in [-0.2, 0) is 20.0 Å². The maximum absolute atomic E-state index is 10.7. The molecular formula is C4H10O5S2. The van der Waals surface area contributed by atoms with Crippen LogP contribution in [0.1, 0.15) is 13.3 Å². The maximum atomic E-state index is 10.7. The molecule has 0 radical (unpaired) electrons. The molecular weight excluding hydrogens is 192 g/mol. The highest BCUT2D eigenvalue weighted by atomic mass is 32.3. The smallest absolute Gasteiger partial charge is 0.282 e. The second-order valence-electron chi connectivity index (χ2n) is 2.18. The Balaban J connectivity index is 5.05. The monoisotopic (exact) mass is 202 g/mol. The summed E-state index contributed by atoms with van der Waals surface area (Å²) in [6, 6.07) is 0. The van der Waals surface area contributed by atoms with E-state index in [4.69, 9.17) is 4.55 Å². The fraction of sp³-hybridized carbons (Fsp3) is 1.00. The molecule has 0 spiro atoms. The zero-order valence-electron chi connectivity index (χ0n) is 6.18. The number of hydrogen-bond donors (Lipinski definition) is 1. The van der Waals surface area contributed by atoms with Crippen LogP contribution >= 0.6 is 0 Å². The van der Waals surface area contributed by atoms with Gasteiger partial charge in [-0.05, 0) is 6.42 Å². The molecule has 0 aromatic rings. The first-order valence-corrected chi connectivity index (χ1v) is 6.30. The number of hydrogen-bond acceptors (Lipinski definition) is 4. The quantitative estimate of drug-likeness (QED) is 0.632. The topological polar surface area (TPSA) is 88.5 Å². The van der Waals surface area contributed by atoms with Gasteiger partial charge in [0.2, 0.25) is 0 Å². The summed E-state index contributed by atoms with van der Waals surface area (Å²) >= 11 is 0. The zero-order valence-corrected chi connectivity index (χ0v) is 7.81. The maximum Gasteiger partial charge on any atom is 0.282 e. The van der Waals surface area contributed by atoms with E-state index in [9.17, 15) is 16.8 Å². The molecule has 0 heterocycles. The van der Waals surface area contributed by atoms with Gasteiger partial charge in [0, 0.05) is 6.26 Å². The van der Waals surface area contributed by atoms with Gasteiger partial charge < -0.3 is 0 Å². The highest BCUT2D eigenvalue weighted by Gasteiger charge is 2.30. The molecule has 1 N–H and O–H groups in total. The summed E-state index contributed by atoms with van der Waals surface area (Å²) in [5.74, 6) is 0. The summed E-state index contributed by atoms with van der Waals surface area (Å²) in [5, 5.41) is 0. The molecule has 0 aliphatic rings. The van der Waals surface area contributed by atoms with Gasteiger partial charge in [0.05, 0.1) is 0 Å². The average Bonchev–Trinajstić information content (AvgIpc) is 1.56. The molecule has 11 heavy (non-hydrogen) atoms. The zero-order chi connectivity index (χ0) is 9.28. The minimum atomic E-state index is -4.46. The van der Waals surface area contributed by atoms with Crippen LogP contribution in [0.5, 0.6) is 0 Å². The minimum absolute atomic E-state index is 0.141. The molecule has 0 rings (SSSR count). The Bertz CT molecular complexity index is 278. The van der Waals surface area contributed by atoms with Crippen molar-refractivity contribution in [2.45, 2.75) is 17.9 Å². The van der Waals surface area contributed by atoms with Gasteiger partial charge in [-0.15, -0.1) is 0 Å². The van der Waals surface area contributed by atoms with E-state index < -0.39 is 24.5 Å². The van der Waals surface area contributed by atoms with Gasteiger partial charge in [0.25, 0.3) is 10.1 Å². The van der Waals surface area contributed by atoms with E-state index >= 15 is 0 Å². The highest BCUT2D eigenvalue weighted by molar-refractivity contribution is 8.06. The normalized spacial score (nSPS) is 16.3. The van der Waals surface area contributed by atoms with Gasteiger partial charge in [-0.25, -0.2) is 8.42 Å². The van der Waals surface area contributed by atoms with E-state index in [1.165, 1.54) is 6.92 Å². The van der Waals surface area contributed by atoms with Crippen molar-refractivity contribution in [3.05, 3.63) is 0 Å². The van der Waals surface area contributed by atoms with Gasteiger partial charge in [0.15, 0.2) is 14.4 Å². The SMILES string of the molecule is CCC(S(C)(=O)=O)S(=O)(=O)O. The van der Waals surface area contributed by atoms with Gasteiger partial charge in [-0.1, -0.05) is 6.92 Å². The van der Waals surface area contributed by atoms with E-state index in [1.807, 2.05) is 0 Å². The van der Waals surface area contributed by atoms with Crippen LogP contribution in [0.2, 0.25) is 0 Å². The van der Waals surface area contributed by atoms with Crippen molar-refractivity contribution >= 4 is 20.0 Å². The predicted octanol–water partition coefficient (Wildman–Crippen LogP) is -0.345. The molecule has 0 saturated carbocycles. The Morgan fingerprint density at radius 3 is 1.64 bits per heavy atom. The summed E-state index contributed by atoms with van der Waals surface area (Å²) in [4.78, 5) is 0. The standard InChI is InChI=1S/C4H10O5S2/c1-3-4(10(2,5)6)11(7,8)9/h4H,3H2,1-2H3,(H,7,8,9). The Morgan fingerprint density at radius 2 is 1.64 bits per heavy atom. The molecule has 68 valence electrons. The van der Waals surface area contributed by atoms with Crippen molar-refractivity contribution in [1.29, 1.82) is 0 Å². The van der Waals surface area contributed by atoms with Crippen LogP contribution in [0.3, 0.4) is 0 Å². The molecule has 0 aromatic carbocycles. The molecule has 1 unspecified atom stereocenters. The molecule has 0 saturated heterocycles. The molecule has 7 heteroatoms. The van der Waals surface area contributed by atoms with Crippen LogP contribution in [0, 0.1) is 0 Å². The third kappa shape index (κ3) is 3.17. The van der Waals surface area contributed by atoms with E-state index in [2.05, 4.69) is 0 Å². The molecule has 0 amide bonds. The summed E-state index contributed by atoms with van der Waals surface area (Å²) in [7, 11) is -8.17. The number of sulfone groups is 1. The molecule has 5 nitrogen and oxygen atoms in total. The second-order valence-corrected chi connectivity index (χ2v) is 6.31. The lowest BCUT2D eigenvalue weighted by Crippen LogP contribution is -2.28. The summed E-state index contributed by atoms with van der Waals surface area (Å²) in [5.41, 5.74) is 0. The van der Waals surface area contributed by atoms with E-state index in [-0.39, 0.29) is 6.42 Å². The fourth-order valence-electron chi connectivity index (χ4n) is 0.734. The lowest BCUT2D eigenvalue weighted by atomic mass is 10.6. The van der Waals surface area contributed by atoms with E-state index in [1.54, 1.807) is 0 Å². The molecule has 0 aliphatic heterocycles. The second kappa shape index (κ2) is 3.08. The van der Waals surface area contributed by atoms with Crippen molar-refractivity contribution < 1.29 is 21.4 Å². The van der Waals surface area contributed by atoms with E-state index in [0.29, 0.717) is 0 Å². The van der Waals surface area contributed by atoms with Crippen molar-refractivity contribution in [2.75, 3.05) is 6.26 Å². The first kappa shape index (κ1) is 10.9. The first-order valence-electron chi connectivity index (χ1n) is 2.84. The van der Waals surface area contributed by atoms with Crippen LogP contribution in [-0.4, -0.2) is 32.2 Å². The lowest BCUT2D eigenvalue weighted by Gasteiger charge is -2.07. The van der Waals surface area contributed by atoms with Crippen LogP contribution < -0.4 is 0 Å². The Labute approximate surface area is 66.1 Å². The van der Waals surface area contributed by atoms with Crippen molar-refractivity contribution in [3.8, 4) is 0 Å². The first-order chi connectivity index (χ1) is 4.69. The van der Waals surface area contributed by atoms with Crippen molar-refractivity contribution in [1.82, 2.24) is 0 Å². The predicted molar refractivity (Wildman–Crippen MR) is 40.5 cm³/mol. The largest absolute Gasteiger partial charge is 0.285 e. The van der Waals surface area contributed by atoms with Crippen molar-refractivity contribution in [2.24, 2.45) is 0 Å². The highest BCUT2D eigenvalue weighted by Crippen LogP contribution is 2.10. The molecule has 0 bridgehead atoms. The van der Waals surface area contributed by atoms with E-state index in [0.717, 1.165) is 6.26 Å². The average molecular weight is 202 g/mol. The summed E-state index contributed by atoms with van der Waals surface area (Å²) < 4.78 is 48.8. The lowest BCUT2D eigenvalue weighted by molar-refractivity contribution is 0.475. The molecule has 0 fully saturated rings. The van der Waals surface area contributed by atoms with Crippen molar-refractivity contribution in [3.63, 3.8) is 0 Å². The van der Waals surface area contributed by atoms with Gasteiger partial charge in [-0.3, -0.25) is 4.55 Å². The third-order valence-electron chi connectivity index (χ3n) is 1.14. The van der Waals surface area contributed by atoms with Crippen LogP contribution in [0.4, 0.5) is 0 Å². The summed E-state index contributed by atoms with van der Waals surface area (Å²) in [6.45, 7) is 1.37. The Morgan fingerprint density at radius 1 is 1.27 bits per heavy atom. The minimum Gasteiger partial charge on any atom is -0.285 e. The summed E-state index contributed by atoms with van der Waals surface area (Å²) in [6.07, 6.45) is 0.632. The Hall–Kier alpha value is -0.140. The Kier molecular flexibility index (Phi) is 3.04.